The van der Waals surface area contributed by atoms with E-state index in [1.807, 2.05) is 37.0 Å². The van der Waals surface area contributed by atoms with Gasteiger partial charge in [0.25, 0.3) is 0 Å². The number of rotatable bonds is 7. The highest BCUT2D eigenvalue weighted by Gasteiger charge is 2.53. The SMILES string of the molecule is C=S(=O)(c1ccn(C)n1)N(C1CC1)[C@H]1CCC2=Cc3c(cnn3-c3ccc(F)cc3)C[C@]2(C(=O)c2cc(C)ccn2)C1. The molecule has 7 rings (SSSR count). The van der Waals surface area contributed by atoms with Gasteiger partial charge < -0.3 is 0 Å². The molecule has 4 aromatic rings. The summed E-state index contributed by atoms with van der Waals surface area (Å²) in [7, 11) is -1.05. The summed E-state index contributed by atoms with van der Waals surface area (Å²) in [5.41, 5.74) is 4.20. The van der Waals surface area contributed by atoms with E-state index in [0.717, 1.165) is 47.3 Å². The van der Waals surface area contributed by atoms with Gasteiger partial charge in [-0.1, -0.05) is 5.57 Å². The number of benzene rings is 1. The van der Waals surface area contributed by atoms with Crippen molar-refractivity contribution < 1.29 is 13.4 Å². The normalized spacial score (nSPS) is 23.1. The third kappa shape index (κ3) is 4.44. The molecule has 0 saturated heterocycles. The number of nitrogens with zero attached hydrogens (tertiary/aromatic N) is 6. The molecule has 0 amide bonds. The van der Waals surface area contributed by atoms with E-state index in [2.05, 4.69) is 31.4 Å². The quantitative estimate of drug-likeness (QED) is 0.226. The molecule has 3 aliphatic rings. The van der Waals surface area contributed by atoms with Crippen LogP contribution in [0.1, 0.15) is 59.4 Å². The van der Waals surface area contributed by atoms with E-state index in [1.54, 1.807) is 35.3 Å². The fourth-order valence-electron chi connectivity index (χ4n) is 6.77. The number of hydrogen-bond acceptors (Lipinski definition) is 5. The second-order valence-corrected chi connectivity index (χ2v) is 14.0. The highest BCUT2D eigenvalue weighted by molar-refractivity contribution is 7.98. The van der Waals surface area contributed by atoms with Crippen LogP contribution in [-0.4, -0.2) is 56.8 Å². The maximum absolute atomic E-state index is 14.6. The molecule has 42 heavy (non-hydrogen) atoms. The number of carbonyl (C=O) groups is 1. The summed E-state index contributed by atoms with van der Waals surface area (Å²) in [5, 5.41) is 9.61. The summed E-state index contributed by atoms with van der Waals surface area (Å²) in [5.74, 6) is 3.91. The van der Waals surface area contributed by atoms with Crippen molar-refractivity contribution in [3.63, 3.8) is 0 Å². The van der Waals surface area contributed by atoms with Gasteiger partial charge in [-0.3, -0.25) is 14.5 Å². The fraction of sp³-hybridized carbons (Fsp3) is 0.344. The number of ketones is 1. The van der Waals surface area contributed by atoms with Gasteiger partial charge in [0.1, 0.15) is 11.5 Å². The van der Waals surface area contributed by atoms with E-state index >= 15 is 0 Å². The third-order valence-corrected chi connectivity index (χ3v) is 11.1. The molecular formula is C32H33FN6O2S. The number of pyridine rings is 1. The Balaban J connectivity index is 1.32. The van der Waals surface area contributed by atoms with E-state index < -0.39 is 15.1 Å². The second-order valence-electron chi connectivity index (χ2n) is 11.9. The Morgan fingerprint density at radius 3 is 2.62 bits per heavy atom. The predicted molar refractivity (Wildman–Crippen MR) is 160 cm³/mol. The Morgan fingerprint density at radius 1 is 1.14 bits per heavy atom. The highest BCUT2D eigenvalue weighted by Crippen LogP contribution is 2.52. The molecule has 2 fully saturated rings. The maximum Gasteiger partial charge on any atom is 0.191 e. The minimum atomic E-state index is -2.87. The molecule has 0 radical (unpaired) electrons. The van der Waals surface area contributed by atoms with Crippen LogP contribution >= 0.6 is 0 Å². The van der Waals surface area contributed by atoms with Crippen molar-refractivity contribution in [1.29, 1.82) is 0 Å². The van der Waals surface area contributed by atoms with Gasteiger partial charge in [0.05, 0.1) is 32.7 Å². The number of halogens is 1. The Kier molecular flexibility index (Phi) is 6.32. The number of allylic oxidation sites excluding steroid dienone is 1. The Hall–Kier alpha value is -3.89. The molecule has 10 heteroatoms. The Labute approximate surface area is 245 Å². The highest BCUT2D eigenvalue weighted by atomic mass is 32.2. The summed E-state index contributed by atoms with van der Waals surface area (Å²) in [4.78, 5) is 19.1. The molecule has 3 heterocycles. The molecule has 8 nitrogen and oxygen atoms in total. The lowest BCUT2D eigenvalue weighted by Crippen LogP contribution is -2.51. The van der Waals surface area contributed by atoms with Crippen molar-refractivity contribution in [3.05, 3.63) is 95.0 Å². The van der Waals surface area contributed by atoms with Crippen LogP contribution in [0.3, 0.4) is 0 Å². The Bertz CT molecular complexity index is 1840. The van der Waals surface area contributed by atoms with Crippen LogP contribution in [0.2, 0.25) is 0 Å². The van der Waals surface area contributed by atoms with Gasteiger partial charge in [0.2, 0.25) is 0 Å². The molecule has 3 aromatic heterocycles. The average Bonchev–Trinajstić information content (AvgIpc) is 3.55. The molecule has 0 N–H and O–H groups in total. The van der Waals surface area contributed by atoms with Crippen LogP contribution in [0.15, 0.2) is 71.7 Å². The molecule has 0 bridgehead atoms. The van der Waals surface area contributed by atoms with Gasteiger partial charge >= 0.3 is 0 Å². The zero-order valence-corrected chi connectivity index (χ0v) is 24.6. The minimum Gasteiger partial charge on any atom is -0.291 e. The number of aromatic nitrogens is 5. The third-order valence-electron chi connectivity index (χ3n) is 8.91. The van der Waals surface area contributed by atoms with Crippen LogP contribution in [0.25, 0.3) is 11.8 Å². The molecule has 2 saturated carbocycles. The molecule has 1 aromatic carbocycles. The van der Waals surface area contributed by atoms with Crippen molar-refractivity contribution in [1.82, 2.24) is 28.9 Å². The fourth-order valence-corrected chi connectivity index (χ4v) is 8.87. The topological polar surface area (TPSA) is 85.9 Å². The molecular weight excluding hydrogens is 551 g/mol. The maximum atomic E-state index is 14.6. The number of fused-ring (bicyclic) bond motifs is 2. The van der Waals surface area contributed by atoms with Gasteiger partial charge in [-0.05, 0) is 111 Å². The zero-order valence-electron chi connectivity index (χ0n) is 23.7. The second kappa shape index (κ2) is 9.84. The number of aryl methyl sites for hydroxylation is 2. The summed E-state index contributed by atoms with van der Waals surface area (Å²) in [6.45, 7) is 1.96. The van der Waals surface area contributed by atoms with Crippen molar-refractivity contribution in [2.45, 2.75) is 62.6 Å². The lowest BCUT2D eigenvalue weighted by molar-refractivity contribution is 0.0736. The summed E-state index contributed by atoms with van der Waals surface area (Å²) in [6, 6.07) is 11.8. The van der Waals surface area contributed by atoms with E-state index in [0.29, 0.717) is 30.0 Å². The van der Waals surface area contributed by atoms with Crippen LogP contribution in [0, 0.1) is 18.2 Å². The van der Waals surface area contributed by atoms with Crippen molar-refractivity contribution in [3.8, 4) is 5.69 Å². The zero-order chi connectivity index (χ0) is 29.2. The van der Waals surface area contributed by atoms with Crippen LogP contribution in [0.4, 0.5) is 4.39 Å². The van der Waals surface area contributed by atoms with E-state index in [4.69, 9.17) is 0 Å². The first-order valence-corrected chi connectivity index (χ1v) is 16.0. The first-order chi connectivity index (χ1) is 20.2. The van der Waals surface area contributed by atoms with Gasteiger partial charge in [0, 0.05) is 31.5 Å². The molecule has 1 unspecified atom stereocenters. The number of carbonyl (C=O) groups excluding carboxylic acids is 1. The van der Waals surface area contributed by atoms with Gasteiger partial charge in [-0.2, -0.15) is 10.2 Å². The lowest BCUT2D eigenvalue weighted by atomic mass is 9.60. The van der Waals surface area contributed by atoms with E-state index in [1.165, 1.54) is 12.1 Å². The van der Waals surface area contributed by atoms with Gasteiger partial charge in [-0.15, -0.1) is 0 Å². The van der Waals surface area contributed by atoms with E-state index in [9.17, 15) is 13.4 Å². The van der Waals surface area contributed by atoms with Crippen LogP contribution < -0.4 is 0 Å². The van der Waals surface area contributed by atoms with E-state index in [-0.39, 0.29) is 23.7 Å². The van der Waals surface area contributed by atoms with Gasteiger partial charge in [0.15, 0.2) is 10.8 Å². The lowest BCUT2D eigenvalue weighted by Gasteiger charge is -2.47. The molecule has 0 spiro atoms. The molecule has 3 aliphatic carbocycles. The largest absolute Gasteiger partial charge is 0.291 e. The first kappa shape index (κ1) is 27.0. The monoisotopic (exact) mass is 584 g/mol. The van der Waals surface area contributed by atoms with Gasteiger partial charge in [-0.25, -0.2) is 17.6 Å². The predicted octanol–water partition coefficient (Wildman–Crippen LogP) is 4.96. The molecule has 216 valence electrons. The van der Waals surface area contributed by atoms with Crippen molar-refractivity contribution >= 4 is 27.4 Å². The summed E-state index contributed by atoms with van der Waals surface area (Å²) < 4.78 is 33.6. The van der Waals surface area contributed by atoms with Crippen molar-refractivity contribution in [2.75, 3.05) is 0 Å². The number of Topliss-reactive ketones (excluding diaryl/α,β-unsaturated/α-hetero) is 1. The smallest absolute Gasteiger partial charge is 0.191 e. The first-order valence-electron chi connectivity index (χ1n) is 14.3. The molecule has 3 atom stereocenters. The summed E-state index contributed by atoms with van der Waals surface area (Å²) >= 11 is 0. The minimum absolute atomic E-state index is 0.0218. The summed E-state index contributed by atoms with van der Waals surface area (Å²) in [6.07, 6.45) is 11.7. The van der Waals surface area contributed by atoms with Crippen molar-refractivity contribution in [2.24, 2.45) is 12.5 Å². The standard InChI is InChI=1S/C32H33FN6O2S/c1-21-12-14-34-28(16-21)31(40)32-18-22-20-35-38(25-8-5-24(33)6-9-25)29(22)17-23(32)4-7-27(19-32)39(26-10-11-26)42(3,41)30-13-15-37(2)36-30/h5-6,8-9,12-17,20,26-27H,3-4,7,10-11,18-19H2,1-2H3/t27-,32-,42?/m0/s1. The average molecular weight is 585 g/mol. The van der Waals surface area contributed by atoms with Crippen LogP contribution in [0.5, 0.6) is 0 Å². The molecule has 0 aliphatic heterocycles. The number of hydrogen-bond donors (Lipinski definition) is 0. The Morgan fingerprint density at radius 2 is 1.93 bits per heavy atom. The van der Waals surface area contributed by atoms with Crippen LogP contribution in [-0.2, 0) is 23.2 Å².